The van der Waals surface area contributed by atoms with Gasteiger partial charge in [0, 0.05) is 42.4 Å². The molecule has 3 aromatic heterocycles. The lowest BCUT2D eigenvalue weighted by atomic mass is 10.1. The first kappa shape index (κ1) is 18.0. The van der Waals surface area contributed by atoms with Crippen LogP contribution in [0.25, 0.3) is 5.65 Å². The number of hydrogen-bond acceptors (Lipinski definition) is 3. The topological polar surface area (TPSA) is 64.2 Å². The van der Waals surface area contributed by atoms with Crippen LogP contribution >= 0.6 is 0 Å². The normalized spacial score (nSPS) is 11.3. The lowest BCUT2D eigenvalue weighted by Gasteiger charge is -2.11. The smallest absolute Gasteiger partial charge is 0.275 e. The summed E-state index contributed by atoms with van der Waals surface area (Å²) in [5.41, 5.74) is 4.05. The van der Waals surface area contributed by atoms with E-state index in [0.29, 0.717) is 18.2 Å². The highest BCUT2D eigenvalue weighted by Gasteiger charge is 2.13. The van der Waals surface area contributed by atoms with Crippen LogP contribution in [0.15, 0.2) is 61.1 Å². The molecule has 4 rings (SSSR count). The molecule has 6 heteroatoms. The van der Waals surface area contributed by atoms with Gasteiger partial charge in [0.15, 0.2) is 0 Å². The van der Waals surface area contributed by atoms with Gasteiger partial charge in [0.05, 0.1) is 0 Å². The van der Waals surface area contributed by atoms with E-state index in [0.717, 1.165) is 28.4 Å². The minimum absolute atomic E-state index is 0.217. The first-order valence-corrected chi connectivity index (χ1v) is 9.37. The van der Waals surface area contributed by atoms with Gasteiger partial charge in [0.2, 0.25) is 0 Å². The number of nitrogens with one attached hydrogen (secondary N) is 1. The summed E-state index contributed by atoms with van der Waals surface area (Å²) in [7, 11) is 0. The van der Waals surface area contributed by atoms with Crippen molar-refractivity contribution in [3.63, 3.8) is 0 Å². The van der Waals surface area contributed by atoms with E-state index in [1.807, 2.05) is 66.2 Å². The zero-order chi connectivity index (χ0) is 19.7. The Balaban J connectivity index is 1.53. The van der Waals surface area contributed by atoms with Gasteiger partial charge in [-0.25, -0.2) is 9.97 Å². The molecule has 142 valence electrons. The van der Waals surface area contributed by atoms with E-state index in [4.69, 9.17) is 0 Å². The molecule has 6 nitrogen and oxygen atoms in total. The van der Waals surface area contributed by atoms with Crippen LogP contribution in [0.4, 0.5) is 5.69 Å². The Morgan fingerprint density at radius 2 is 2.00 bits per heavy atom. The molecule has 0 aliphatic carbocycles. The van der Waals surface area contributed by atoms with Gasteiger partial charge in [-0.3, -0.25) is 4.79 Å². The molecule has 4 aromatic rings. The number of aryl methyl sites for hydroxylation is 1. The third kappa shape index (κ3) is 3.53. The average Bonchev–Trinajstić information content (AvgIpc) is 3.29. The predicted octanol–water partition coefficient (Wildman–Crippen LogP) is 4.26. The number of hydrogen-bond donors (Lipinski definition) is 1. The number of anilines is 1. The Kier molecular flexibility index (Phi) is 4.69. The molecule has 0 radical (unpaired) electrons. The van der Waals surface area contributed by atoms with Crippen LogP contribution in [-0.4, -0.2) is 24.8 Å². The first-order valence-electron chi connectivity index (χ1n) is 9.37. The first-order chi connectivity index (χ1) is 13.5. The Morgan fingerprint density at radius 1 is 1.18 bits per heavy atom. The molecule has 0 bridgehead atoms. The SMILES string of the molecule is Cc1cccc2nc(C(=O)Nc3cccc(Cn4ccnc4C(C)C)c3)cn12. The fourth-order valence-electron chi connectivity index (χ4n) is 3.35. The summed E-state index contributed by atoms with van der Waals surface area (Å²) in [5, 5.41) is 2.96. The van der Waals surface area contributed by atoms with E-state index < -0.39 is 0 Å². The molecule has 0 atom stereocenters. The number of carbonyl (C=O) groups excluding carboxylic acids is 1. The van der Waals surface area contributed by atoms with E-state index >= 15 is 0 Å². The highest BCUT2D eigenvalue weighted by atomic mass is 16.1. The molecule has 0 fully saturated rings. The lowest BCUT2D eigenvalue weighted by molar-refractivity contribution is 0.102. The molecule has 0 saturated heterocycles. The minimum Gasteiger partial charge on any atom is -0.330 e. The van der Waals surface area contributed by atoms with E-state index in [9.17, 15) is 4.79 Å². The highest BCUT2D eigenvalue weighted by Crippen LogP contribution is 2.17. The van der Waals surface area contributed by atoms with Crippen molar-refractivity contribution < 1.29 is 4.79 Å². The van der Waals surface area contributed by atoms with Crippen LogP contribution in [0.1, 0.15) is 47.3 Å². The van der Waals surface area contributed by atoms with Crippen molar-refractivity contribution in [1.29, 1.82) is 0 Å². The number of imidazole rings is 2. The third-order valence-electron chi connectivity index (χ3n) is 4.73. The second-order valence-electron chi connectivity index (χ2n) is 7.24. The van der Waals surface area contributed by atoms with Gasteiger partial charge < -0.3 is 14.3 Å². The number of pyridine rings is 1. The quantitative estimate of drug-likeness (QED) is 0.568. The minimum atomic E-state index is -0.217. The molecule has 1 N–H and O–H groups in total. The van der Waals surface area contributed by atoms with Crippen molar-refractivity contribution in [2.75, 3.05) is 5.32 Å². The summed E-state index contributed by atoms with van der Waals surface area (Å²) in [4.78, 5) is 21.5. The van der Waals surface area contributed by atoms with Crippen LogP contribution < -0.4 is 5.32 Å². The Bertz CT molecular complexity index is 1140. The van der Waals surface area contributed by atoms with Gasteiger partial charge >= 0.3 is 0 Å². The molecule has 0 aliphatic heterocycles. The zero-order valence-electron chi connectivity index (χ0n) is 16.3. The number of rotatable bonds is 5. The molecule has 28 heavy (non-hydrogen) atoms. The van der Waals surface area contributed by atoms with Crippen molar-refractivity contribution in [3.05, 3.63) is 83.8 Å². The lowest BCUT2D eigenvalue weighted by Crippen LogP contribution is -2.13. The van der Waals surface area contributed by atoms with Gasteiger partial charge in [-0.15, -0.1) is 0 Å². The van der Waals surface area contributed by atoms with Gasteiger partial charge in [0.25, 0.3) is 5.91 Å². The number of amides is 1. The third-order valence-corrected chi connectivity index (χ3v) is 4.73. The molecule has 0 unspecified atom stereocenters. The number of carbonyl (C=O) groups is 1. The van der Waals surface area contributed by atoms with Crippen molar-refractivity contribution in [3.8, 4) is 0 Å². The maximum atomic E-state index is 12.7. The van der Waals surface area contributed by atoms with Crippen LogP contribution in [0, 0.1) is 6.92 Å². The van der Waals surface area contributed by atoms with Gasteiger partial charge in [0.1, 0.15) is 17.2 Å². The summed E-state index contributed by atoms with van der Waals surface area (Å²) in [5.74, 6) is 1.19. The maximum absolute atomic E-state index is 12.7. The monoisotopic (exact) mass is 373 g/mol. The Morgan fingerprint density at radius 3 is 2.79 bits per heavy atom. The van der Waals surface area contributed by atoms with Crippen LogP contribution in [0.5, 0.6) is 0 Å². The van der Waals surface area contributed by atoms with Crippen LogP contribution in [0.3, 0.4) is 0 Å². The van der Waals surface area contributed by atoms with Crippen molar-refractivity contribution >= 4 is 17.2 Å². The fourth-order valence-corrected chi connectivity index (χ4v) is 3.35. The zero-order valence-corrected chi connectivity index (χ0v) is 16.3. The number of fused-ring (bicyclic) bond motifs is 1. The van der Waals surface area contributed by atoms with Crippen LogP contribution in [-0.2, 0) is 6.54 Å². The average molecular weight is 373 g/mol. The molecular weight excluding hydrogens is 350 g/mol. The standard InChI is InChI=1S/C22H23N5O/c1-15(2)21-23-10-11-26(21)13-17-7-5-8-18(12-17)24-22(28)19-14-27-16(3)6-4-9-20(27)25-19/h4-12,14-15H,13H2,1-3H3,(H,24,28). The molecule has 0 aliphatic rings. The van der Waals surface area contributed by atoms with Gasteiger partial charge in [-0.05, 0) is 36.8 Å². The largest absolute Gasteiger partial charge is 0.330 e. The Labute approximate surface area is 163 Å². The molecule has 1 amide bonds. The molecule has 3 heterocycles. The molecular formula is C22H23N5O. The number of benzene rings is 1. The van der Waals surface area contributed by atoms with E-state index in [1.54, 1.807) is 6.20 Å². The number of aromatic nitrogens is 4. The second-order valence-corrected chi connectivity index (χ2v) is 7.24. The number of nitrogens with zero attached hydrogens (tertiary/aromatic N) is 4. The fraction of sp³-hybridized carbons (Fsp3) is 0.227. The maximum Gasteiger partial charge on any atom is 0.275 e. The molecule has 1 aromatic carbocycles. The predicted molar refractivity (Wildman–Crippen MR) is 110 cm³/mol. The van der Waals surface area contributed by atoms with Crippen molar-refractivity contribution in [2.24, 2.45) is 0 Å². The van der Waals surface area contributed by atoms with E-state index in [1.165, 1.54) is 0 Å². The summed E-state index contributed by atoms with van der Waals surface area (Å²) in [6.45, 7) is 6.96. The highest BCUT2D eigenvalue weighted by molar-refractivity contribution is 6.03. The molecule has 0 saturated carbocycles. The summed E-state index contributed by atoms with van der Waals surface area (Å²) >= 11 is 0. The summed E-state index contributed by atoms with van der Waals surface area (Å²) in [6.07, 6.45) is 5.58. The summed E-state index contributed by atoms with van der Waals surface area (Å²) < 4.78 is 4.05. The van der Waals surface area contributed by atoms with Crippen LogP contribution in [0.2, 0.25) is 0 Å². The van der Waals surface area contributed by atoms with Crippen molar-refractivity contribution in [2.45, 2.75) is 33.2 Å². The molecule has 0 spiro atoms. The van der Waals surface area contributed by atoms with Crippen molar-refractivity contribution in [1.82, 2.24) is 18.9 Å². The second kappa shape index (κ2) is 7.31. The Hall–Kier alpha value is -3.41. The van der Waals surface area contributed by atoms with Gasteiger partial charge in [-0.2, -0.15) is 0 Å². The van der Waals surface area contributed by atoms with E-state index in [-0.39, 0.29) is 5.91 Å². The summed E-state index contributed by atoms with van der Waals surface area (Å²) in [6, 6.07) is 13.7. The van der Waals surface area contributed by atoms with E-state index in [2.05, 4.69) is 33.7 Å². The van der Waals surface area contributed by atoms with Gasteiger partial charge in [-0.1, -0.05) is 32.0 Å².